The molecule has 1 aliphatic heterocycles. The van der Waals surface area contributed by atoms with E-state index in [0.29, 0.717) is 24.8 Å². The fourth-order valence-electron chi connectivity index (χ4n) is 2.28. The highest BCUT2D eigenvalue weighted by Crippen LogP contribution is 2.25. The van der Waals surface area contributed by atoms with Gasteiger partial charge in [-0.25, -0.2) is 8.42 Å². The van der Waals surface area contributed by atoms with Gasteiger partial charge in [0.1, 0.15) is 6.04 Å². The molecule has 106 valence electrons. The molecule has 2 rings (SSSR count). The smallest absolute Gasteiger partial charge is 0.322 e. The van der Waals surface area contributed by atoms with Crippen LogP contribution in [0.2, 0.25) is 0 Å². The number of benzene rings is 1. The predicted octanol–water partition coefficient (Wildman–Crippen LogP) is 1.19. The molecule has 1 saturated heterocycles. The summed E-state index contributed by atoms with van der Waals surface area (Å²) < 4.78 is 26.0. The predicted molar refractivity (Wildman–Crippen MR) is 70.3 cm³/mol. The average Bonchev–Trinajstić information content (AvgIpc) is 2.47. The SMILES string of the molecule is N#Cc1ccc(S(=O)(=O)N2CCCC[C@H]2C(=O)O)cc1. The van der Waals surface area contributed by atoms with Crippen LogP contribution in [-0.2, 0) is 14.8 Å². The van der Waals surface area contributed by atoms with Gasteiger partial charge in [0.25, 0.3) is 0 Å². The van der Waals surface area contributed by atoms with Crippen molar-refractivity contribution >= 4 is 16.0 Å². The second-order valence-corrected chi connectivity index (χ2v) is 6.49. The second kappa shape index (κ2) is 5.61. The standard InChI is InChI=1S/C13H14N2O4S/c14-9-10-4-6-11(7-5-10)20(18,19)15-8-2-1-3-12(15)13(16)17/h4-7,12H,1-3,8H2,(H,16,17)/t12-/m0/s1. The van der Waals surface area contributed by atoms with Gasteiger partial charge in [-0.3, -0.25) is 4.79 Å². The molecular weight excluding hydrogens is 280 g/mol. The fraction of sp³-hybridized carbons (Fsp3) is 0.385. The molecule has 0 saturated carbocycles. The number of nitriles is 1. The van der Waals surface area contributed by atoms with Crippen molar-refractivity contribution in [1.29, 1.82) is 5.26 Å². The Kier molecular flexibility index (Phi) is 4.06. The number of hydrogen-bond donors (Lipinski definition) is 1. The lowest BCUT2D eigenvalue weighted by Gasteiger charge is -2.31. The Morgan fingerprint density at radius 3 is 2.50 bits per heavy atom. The Bertz CT molecular complexity index is 646. The zero-order valence-corrected chi connectivity index (χ0v) is 11.5. The molecule has 0 aromatic heterocycles. The van der Waals surface area contributed by atoms with Crippen LogP contribution in [0.25, 0.3) is 0 Å². The first-order valence-electron chi connectivity index (χ1n) is 6.21. The molecular formula is C13H14N2O4S. The molecule has 1 heterocycles. The van der Waals surface area contributed by atoms with E-state index in [1.54, 1.807) is 0 Å². The Labute approximate surface area is 117 Å². The molecule has 0 radical (unpaired) electrons. The molecule has 7 heteroatoms. The normalized spacial score (nSPS) is 20.2. The summed E-state index contributed by atoms with van der Waals surface area (Å²) in [5, 5.41) is 17.9. The summed E-state index contributed by atoms with van der Waals surface area (Å²) in [6.45, 7) is 0.208. The summed E-state index contributed by atoms with van der Waals surface area (Å²) in [4.78, 5) is 11.2. The monoisotopic (exact) mass is 294 g/mol. The van der Waals surface area contributed by atoms with Crippen LogP contribution in [0, 0.1) is 11.3 Å². The van der Waals surface area contributed by atoms with Crippen LogP contribution >= 0.6 is 0 Å². The summed E-state index contributed by atoms with van der Waals surface area (Å²) in [5.41, 5.74) is 0.359. The molecule has 1 aromatic rings. The number of nitrogens with zero attached hydrogens (tertiary/aromatic N) is 2. The minimum atomic E-state index is -3.84. The third-order valence-corrected chi connectivity index (χ3v) is 5.25. The van der Waals surface area contributed by atoms with Gasteiger partial charge in [-0.2, -0.15) is 9.57 Å². The fourth-order valence-corrected chi connectivity index (χ4v) is 3.93. The Hall–Kier alpha value is -1.91. The number of sulfonamides is 1. The molecule has 0 unspecified atom stereocenters. The van der Waals surface area contributed by atoms with E-state index in [2.05, 4.69) is 0 Å². The maximum Gasteiger partial charge on any atom is 0.322 e. The van der Waals surface area contributed by atoms with Crippen LogP contribution in [-0.4, -0.2) is 36.4 Å². The Morgan fingerprint density at radius 1 is 1.30 bits per heavy atom. The van der Waals surface area contributed by atoms with E-state index in [1.807, 2.05) is 6.07 Å². The van der Waals surface area contributed by atoms with Crippen LogP contribution in [0.1, 0.15) is 24.8 Å². The molecule has 0 bridgehead atoms. The lowest BCUT2D eigenvalue weighted by Crippen LogP contribution is -2.47. The van der Waals surface area contributed by atoms with Crippen LogP contribution < -0.4 is 0 Å². The molecule has 0 amide bonds. The van der Waals surface area contributed by atoms with Crippen LogP contribution in [0.15, 0.2) is 29.2 Å². The number of carboxylic acids is 1. The topological polar surface area (TPSA) is 98.5 Å². The molecule has 20 heavy (non-hydrogen) atoms. The average molecular weight is 294 g/mol. The van der Waals surface area contributed by atoms with Crippen molar-refractivity contribution in [2.24, 2.45) is 0 Å². The Morgan fingerprint density at radius 2 is 1.95 bits per heavy atom. The van der Waals surface area contributed by atoms with Gasteiger partial charge in [0.15, 0.2) is 0 Å². The van der Waals surface area contributed by atoms with Gasteiger partial charge in [-0.1, -0.05) is 0 Å². The number of aliphatic carboxylic acids is 1. The molecule has 0 aliphatic carbocycles. The molecule has 1 aromatic carbocycles. The molecule has 0 spiro atoms. The molecule has 1 fully saturated rings. The van der Waals surface area contributed by atoms with Crippen molar-refractivity contribution in [1.82, 2.24) is 4.31 Å². The number of hydrogen-bond acceptors (Lipinski definition) is 4. The first-order valence-corrected chi connectivity index (χ1v) is 7.65. The van der Waals surface area contributed by atoms with E-state index < -0.39 is 22.0 Å². The van der Waals surface area contributed by atoms with E-state index in [-0.39, 0.29) is 11.4 Å². The highest BCUT2D eigenvalue weighted by molar-refractivity contribution is 7.89. The van der Waals surface area contributed by atoms with Crippen molar-refractivity contribution in [3.8, 4) is 6.07 Å². The van der Waals surface area contributed by atoms with Crippen molar-refractivity contribution in [2.45, 2.75) is 30.2 Å². The van der Waals surface area contributed by atoms with Gasteiger partial charge in [-0.05, 0) is 43.5 Å². The van der Waals surface area contributed by atoms with E-state index in [4.69, 9.17) is 10.4 Å². The first-order chi connectivity index (χ1) is 9.46. The van der Waals surface area contributed by atoms with Gasteiger partial charge in [0.05, 0.1) is 16.5 Å². The molecule has 1 N–H and O–H groups in total. The number of carbonyl (C=O) groups is 1. The largest absolute Gasteiger partial charge is 0.480 e. The van der Waals surface area contributed by atoms with E-state index in [1.165, 1.54) is 24.3 Å². The quantitative estimate of drug-likeness (QED) is 0.902. The van der Waals surface area contributed by atoms with Crippen molar-refractivity contribution < 1.29 is 18.3 Å². The van der Waals surface area contributed by atoms with Gasteiger partial charge >= 0.3 is 5.97 Å². The number of rotatable bonds is 3. The molecule has 6 nitrogen and oxygen atoms in total. The number of piperidine rings is 1. The van der Waals surface area contributed by atoms with Crippen LogP contribution in [0.4, 0.5) is 0 Å². The van der Waals surface area contributed by atoms with Gasteiger partial charge in [0.2, 0.25) is 10.0 Å². The summed E-state index contributed by atoms with van der Waals surface area (Å²) in [7, 11) is -3.84. The van der Waals surface area contributed by atoms with Crippen LogP contribution in [0.3, 0.4) is 0 Å². The lowest BCUT2D eigenvalue weighted by atomic mass is 10.1. The van der Waals surface area contributed by atoms with Crippen molar-refractivity contribution in [2.75, 3.05) is 6.54 Å². The van der Waals surface area contributed by atoms with Gasteiger partial charge in [0, 0.05) is 6.54 Å². The van der Waals surface area contributed by atoms with Crippen LogP contribution in [0.5, 0.6) is 0 Å². The van der Waals surface area contributed by atoms with Crippen molar-refractivity contribution in [3.63, 3.8) is 0 Å². The zero-order chi connectivity index (χ0) is 14.8. The maximum absolute atomic E-state index is 12.5. The summed E-state index contributed by atoms with van der Waals surface area (Å²) >= 11 is 0. The highest BCUT2D eigenvalue weighted by Gasteiger charge is 2.37. The minimum absolute atomic E-state index is 0.0182. The Balaban J connectivity index is 2.37. The summed E-state index contributed by atoms with van der Waals surface area (Å²) in [6, 6.07) is 6.39. The molecule has 1 atom stereocenters. The second-order valence-electron chi connectivity index (χ2n) is 4.60. The third kappa shape index (κ3) is 2.66. The molecule has 1 aliphatic rings. The van der Waals surface area contributed by atoms with Gasteiger partial charge in [-0.15, -0.1) is 0 Å². The summed E-state index contributed by atoms with van der Waals surface area (Å²) in [5.74, 6) is -1.12. The third-order valence-electron chi connectivity index (χ3n) is 3.33. The zero-order valence-electron chi connectivity index (χ0n) is 10.7. The summed E-state index contributed by atoms with van der Waals surface area (Å²) in [6.07, 6.45) is 1.68. The van der Waals surface area contributed by atoms with E-state index in [9.17, 15) is 13.2 Å². The minimum Gasteiger partial charge on any atom is -0.480 e. The highest BCUT2D eigenvalue weighted by atomic mass is 32.2. The maximum atomic E-state index is 12.5. The number of carboxylic acid groups (broad SMARTS) is 1. The first kappa shape index (κ1) is 14.5. The van der Waals surface area contributed by atoms with E-state index in [0.717, 1.165) is 4.31 Å². The van der Waals surface area contributed by atoms with Crippen molar-refractivity contribution in [3.05, 3.63) is 29.8 Å². The van der Waals surface area contributed by atoms with E-state index >= 15 is 0 Å². The van der Waals surface area contributed by atoms with Gasteiger partial charge < -0.3 is 5.11 Å². The lowest BCUT2D eigenvalue weighted by molar-refractivity contribution is -0.142.